The van der Waals surface area contributed by atoms with Crippen molar-refractivity contribution in [1.82, 2.24) is 4.98 Å². The quantitative estimate of drug-likeness (QED) is 0.268. The molecule has 6 rings (SSSR count). The van der Waals surface area contributed by atoms with Crippen molar-refractivity contribution in [2.75, 3.05) is 12.0 Å². The maximum atomic E-state index is 13.2. The van der Waals surface area contributed by atoms with Crippen LogP contribution in [0, 0.1) is 0 Å². The van der Waals surface area contributed by atoms with Crippen LogP contribution in [0.5, 0.6) is 5.75 Å². The number of carboxylic acid groups (broad SMARTS) is 1. The summed E-state index contributed by atoms with van der Waals surface area (Å²) >= 11 is 6.01. The fourth-order valence-electron chi connectivity index (χ4n) is 4.48. The van der Waals surface area contributed by atoms with Gasteiger partial charge in [0.15, 0.2) is 5.58 Å². The van der Waals surface area contributed by atoms with Crippen molar-refractivity contribution in [2.24, 2.45) is 0 Å². The lowest BCUT2D eigenvalue weighted by molar-refractivity contribution is 0.0696. The van der Waals surface area contributed by atoms with Crippen molar-refractivity contribution in [3.63, 3.8) is 0 Å². The molecule has 2 amide bonds. The molecule has 2 heterocycles. The zero-order chi connectivity index (χ0) is 26.6. The molecule has 1 aliphatic heterocycles. The molecule has 8 nitrogen and oxygen atoms in total. The number of anilines is 1. The van der Waals surface area contributed by atoms with Gasteiger partial charge in [0, 0.05) is 5.02 Å². The summed E-state index contributed by atoms with van der Waals surface area (Å²) in [5.41, 5.74) is 3.86. The minimum absolute atomic E-state index is 0.0314. The number of aromatic nitrogens is 1. The molecule has 0 spiro atoms. The van der Waals surface area contributed by atoms with E-state index < -0.39 is 17.8 Å². The van der Waals surface area contributed by atoms with Crippen LogP contribution in [-0.2, 0) is 0 Å². The van der Waals surface area contributed by atoms with E-state index >= 15 is 0 Å². The Balaban J connectivity index is 1.40. The Morgan fingerprint density at radius 1 is 0.868 bits per heavy atom. The lowest BCUT2D eigenvalue weighted by Gasteiger charge is -2.16. The van der Waals surface area contributed by atoms with Gasteiger partial charge in [0.1, 0.15) is 11.3 Å². The van der Waals surface area contributed by atoms with E-state index in [4.69, 9.17) is 20.8 Å². The van der Waals surface area contributed by atoms with E-state index in [1.54, 1.807) is 18.2 Å². The van der Waals surface area contributed by atoms with Gasteiger partial charge in [-0.1, -0.05) is 29.8 Å². The fraction of sp³-hybridized carbons (Fsp3) is 0.0345. The minimum Gasteiger partial charge on any atom is -0.496 e. The van der Waals surface area contributed by atoms with Gasteiger partial charge in [-0.2, -0.15) is 0 Å². The summed E-state index contributed by atoms with van der Waals surface area (Å²) in [6.45, 7) is 0. The lowest BCUT2D eigenvalue weighted by Crippen LogP contribution is -2.29. The molecule has 4 aromatic carbocycles. The van der Waals surface area contributed by atoms with Crippen LogP contribution in [0.1, 0.15) is 31.1 Å². The highest BCUT2D eigenvalue weighted by atomic mass is 35.5. The smallest absolute Gasteiger partial charge is 0.335 e. The van der Waals surface area contributed by atoms with E-state index in [0.29, 0.717) is 27.4 Å². The molecule has 0 bridgehead atoms. The first-order chi connectivity index (χ1) is 18.3. The molecule has 38 heavy (non-hydrogen) atoms. The highest BCUT2D eigenvalue weighted by Crippen LogP contribution is 2.38. The predicted molar refractivity (Wildman–Crippen MR) is 141 cm³/mol. The number of rotatable bonds is 5. The molecular formula is C29H17ClN2O6. The van der Waals surface area contributed by atoms with Crippen LogP contribution in [0.2, 0.25) is 5.02 Å². The first-order valence-electron chi connectivity index (χ1n) is 11.4. The average Bonchev–Trinajstić information content (AvgIpc) is 3.46. The summed E-state index contributed by atoms with van der Waals surface area (Å²) in [5, 5.41) is 9.92. The third kappa shape index (κ3) is 3.79. The molecule has 186 valence electrons. The van der Waals surface area contributed by atoms with Crippen LogP contribution in [-0.4, -0.2) is 35.0 Å². The van der Waals surface area contributed by atoms with Gasteiger partial charge in [0.2, 0.25) is 5.89 Å². The number of fused-ring (bicyclic) bond motifs is 2. The number of hydrogen-bond donors (Lipinski definition) is 1. The van der Waals surface area contributed by atoms with E-state index in [-0.39, 0.29) is 28.3 Å². The van der Waals surface area contributed by atoms with Crippen molar-refractivity contribution >= 4 is 46.2 Å². The number of carbonyl (C=O) groups excluding carboxylic acids is 2. The summed E-state index contributed by atoms with van der Waals surface area (Å²) in [7, 11) is 1.50. The molecule has 0 atom stereocenters. The van der Waals surface area contributed by atoms with Crippen molar-refractivity contribution in [3.05, 3.63) is 101 Å². The van der Waals surface area contributed by atoms with Crippen molar-refractivity contribution in [1.29, 1.82) is 0 Å². The van der Waals surface area contributed by atoms with Crippen molar-refractivity contribution < 1.29 is 28.6 Å². The molecule has 0 radical (unpaired) electrons. The van der Waals surface area contributed by atoms with E-state index in [1.165, 1.54) is 25.3 Å². The molecule has 0 saturated carbocycles. The largest absolute Gasteiger partial charge is 0.496 e. The number of ether oxygens (including phenoxy) is 1. The zero-order valence-corrected chi connectivity index (χ0v) is 20.5. The van der Waals surface area contributed by atoms with Gasteiger partial charge < -0.3 is 14.3 Å². The fourth-order valence-corrected chi connectivity index (χ4v) is 4.60. The maximum absolute atomic E-state index is 13.2. The topological polar surface area (TPSA) is 110 Å². The van der Waals surface area contributed by atoms with Crippen LogP contribution in [0.3, 0.4) is 0 Å². The Bertz CT molecular complexity index is 1790. The van der Waals surface area contributed by atoms with Gasteiger partial charge in [-0.25, -0.2) is 14.7 Å². The third-order valence-corrected chi connectivity index (χ3v) is 6.62. The second kappa shape index (κ2) is 8.86. The summed E-state index contributed by atoms with van der Waals surface area (Å²) in [6.07, 6.45) is 0. The normalized spacial score (nSPS) is 12.7. The van der Waals surface area contributed by atoms with Crippen LogP contribution >= 0.6 is 11.6 Å². The number of imide groups is 1. The number of nitrogens with zero attached hydrogens (tertiary/aromatic N) is 2. The molecule has 0 saturated heterocycles. The highest BCUT2D eigenvalue weighted by Gasteiger charge is 2.37. The standard InChI is InChI=1S/C29H17ClN2O6/c1-37-24-11-8-19(32-27(33)20-9-4-17(29(35)36)12-21(20)28(32)34)14-22(24)26-31-23-13-16(5-10-25(23)38-26)15-2-6-18(30)7-3-15/h2-14H,1H3,(H,35,36). The summed E-state index contributed by atoms with van der Waals surface area (Å²) in [4.78, 5) is 43.3. The summed E-state index contributed by atoms with van der Waals surface area (Å²) in [6, 6.07) is 21.7. The van der Waals surface area contributed by atoms with Gasteiger partial charge >= 0.3 is 5.97 Å². The molecular weight excluding hydrogens is 508 g/mol. The van der Waals surface area contributed by atoms with E-state index in [0.717, 1.165) is 16.0 Å². The maximum Gasteiger partial charge on any atom is 0.335 e. The number of methoxy groups -OCH3 is 1. The Hall–Kier alpha value is -4.95. The molecule has 5 aromatic rings. The molecule has 0 unspecified atom stereocenters. The number of halogens is 1. The van der Waals surface area contributed by atoms with E-state index in [9.17, 15) is 19.5 Å². The number of carbonyl (C=O) groups is 3. The number of aromatic carboxylic acids is 1. The number of amides is 2. The average molecular weight is 525 g/mol. The number of hydrogen-bond acceptors (Lipinski definition) is 6. The van der Waals surface area contributed by atoms with Crippen LogP contribution in [0.25, 0.3) is 33.7 Å². The van der Waals surface area contributed by atoms with Crippen LogP contribution in [0.15, 0.2) is 83.3 Å². The van der Waals surface area contributed by atoms with E-state index in [2.05, 4.69) is 4.98 Å². The van der Waals surface area contributed by atoms with Gasteiger partial charge in [-0.05, 0) is 71.8 Å². The second-order valence-electron chi connectivity index (χ2n) is 8.60. The second-order valence-corrected chi connectivity index (χ2v) is 9.04. The minimum atomic E-state index is -1.19. The van der Waals surface area contributed by atoms with Gasteiger partial charge in [-0.3, -0.25) is 9.59 Å². The Kier molecular flexibility index (Phi) is 5.47. The Morgan fingerprint density at radius 3 is 2.34 bits per heavy atom. The van der Waals surface area contributed by atoms with Crippen LogP contribution in [0.4, 0.5) is 5.69 Å². The zero-order valence-electron chi connectivity index (χ0n) is 19.8. The SMILES string of the molecule is COc1ccc(N2C(=O)c3ccc(C(=O)O)cc3C2=O)cc1-c1nc2cc(-c3ccc(Cl)cc3)ccc2o1. The molecule has 1 aromatic heterocycles. The predicted octanol–water partition coefficient (Wildman–Crippen LogP) is 6.32. The van der Waals surface area contributed by atoms with Gasteiger partial charge in [0.05, 0.1) is 35.1 Å². The molecule has 1 N–H and O–H groups in total. The number of carboxylic acids is 1. The van der Waals surface area contributed by atoms with Gasteiger partial charge in [0.25, 0.3) is 11.8 Å². The molecule has 0 fully saturated rings. The highest BCUT2D eigenvalue weighted by molar-refractivity contribution is 6.34. The summed E-state index contributed by atoms with van der Waals surface area (Å²) < 4.78 is 11.5. The molecule has 1 aliphatic rings. The van der Waals surface area contributed by atoms with Gasteiger partial charge in [-0.15, -0.1) is 0 Å². The van der Waals surface area contributed by atoms with Crippen LogP contribution < -0.4 is 9.64 Å². The van der Waals surface area contributed by atoms with E-state index in [1.807, 2.05) is 42.5 Å². The first-order valence-corrected chi connectivity index (χ1v) is 11.8. The first kappa shape index (κ1) is 23.4. The third-order valence-electron chi connectivity index (χ3n) is 6.37. The summed E-state index contributed by atoms with van der Waals surface area (Å²) in [5.74, 6) is -1.68. The monoisotopic (exact) mass is 524 g/mol. The molecule has 0 aliphatic carbocycles. The molecule has 9 heteroatoms. The number of oxazole rings is 1. The Morgan fingerprint density at radius 2 is 1.61 bits per heavy atom. The number of benzene rings is 4. The van der Waals surface area contributed by atoms with Crippen molar-refractivity contribution in [3.8, 4) is 28.3 Å². The van der Waals surface area contributed by atoms with Crippen molar-refractivity contribution in [2.45, 2.75) is 0 Å². The lowest BCUT2D eigenvalue weighted by atomic mass is 10.1. The Labute approximate surface area is 220 Å².